The third-order valence-corrected chi connectivity index (χ3v) is 3.78. The monoisotopic (exact) mass is 248 g/mol. The lowest BCUT2D eigenvalue weighted by Crippen LogP contribution is -2.34. The first kappa shape index (κ1) is 13.1. The minimum absolute atomic E-state index is 0.840. The zero-order chi connectivity index (χ0) is 13.0. The molecule has 0 atom stereocenters. The second kappa shape index (κ2) is 6.03. The van der Waals surface area contributed by atoms with Crippen LogP contribution in [0.5, 0.6) is 0 Å². The molecule has 1 aromatic rings. The molecule has 0 unspecified atom stereocenters. The molecule has 18 heavy (non-hydrogen) atoms. The first-order chi connectivity index (χ1) is 8.74. The molecule has 1 aromatic heterocycles. The maximum Gasteiger partial charge on any atom is 0.227 e. The summed E-state index contributed by atoms with van der Waals surface area (Å²) in [6, 6.07) is 2.00. The van der Waals surface area contributed by atoms with Crippen LogP contribution in [0.3, 0.4) is 0 Å². The maximum atomic E-state index is 4.70. The predicted molar refractivity (Wildman–Crippen MR) is 76.2 cm³/mol. The van der Waals surface area contributed by atoms with Crippen molar-refractivity contribution in [2.24, 2.45) is 5.92 Å². The fraction of sp³-hybridized carbons (Fsp3) is 0.714. The Hall–Kier alpha value is -1.32. The van der Waals surface area contributed by atoms with Crippen LogP contribution in [0.25, 0.3) is 0 Å². The Balaban J connectivity index is 2.11. The van der Waals surface area contributed by atoms with Gasteiger partial charge in [-0.3, -0.25) is 0 Å². The summed E-state index contributed by atoms with van der Waals surface area (Å²) in [5.74, 6) is 2.78. The van der Waals surface area contributed by atoms with E-state index in [-0.39, 0.29) is 0 Å². The van der Waals surface area contributed by atoms with Gasteiger partial charge in [-0.05, 0) is 38.7 Å². The van der Waals surface area contributed by atoms with Gasteiger partial charge in [-0.2, -0.15) is 4.98 Å². The Labute approximate surface area is 110 Å². The maximum absolute atomic E-state index is 4.70. The molecular weight excluding hydrogens is 224 g/mol. The molecule has 0 radical (unpaired) electrons. The van der Waals surface area contributed by atoms with E-state index < -0.39 is 0 Å². The standard InChI is InChI=1S/C14H24N4/c1-4-17(5-2)13-6-9-15-14(16-13)18-10-7-12(3)8-11-18/h6,9,12H,4-5,7-8,10-11H2,1-3H3. The summed E-state index contributed by atoms with van der Waals surface area (Å²) in [5, 5.41) is 0. The van der Waals surface area contributed by atoms with E-state index in [4.69, 9.17) is 4.98 Å². The highest BCUT2D eigenvalue weighted by Crippen LogP contribution is 2.21. The minimum Gasteiger partial charge on any atom is -0.357 e. The Kier molecular flexibility index (Phi) is 4.39. The smallest absolute Gasteiger partial charge is 0.227 e. The van der Waals surface area contributed by atoms with Crippen LogP contribution in [0, 0.1) is 5.92 Å². The van der Waals surface area contributed by atoms with Crippen LogP contribution in [-0.2, 0) is 0 Å². The molecule has 2 heterocycles. The van der Waals surface area contributed by atoms with Crippen molar-refractivity contribution in [1.29, 1.82) is 0 Å². The van der Waals surface area contributed by atoms with Gasteiger partial charge in [-0.15, -0.1) is 0 Å². The van der Waals surface area contributed by atoms with Gasteiger partial charge in [0.15, 0.2) is 0 Å². The lowest BCUT2D eigenvalue weighted by Gasteiger charge is -2.31. The highest BCUT2D eigenvalue weighted by atomic mass is 15.3. The van der Waals surface area contributed by atoms with Crippen LogP contribution in [0.2, 0.25) is 0 Å². The number of aromatic nitrogens is 2. The Morgan fingerprint density at radius 3 is 2.56 bits per heavy atom. The van der Waals surface area contributed by atoms with Crippen LogP contribution in [0.4, 0.5) is 11.8 Å². The van der Waals surface area contributed by atoms with Gasteiger partial charge in [0.1, 0.15) is 5.82 Å². The molecule has 0 bridgehead atoms. The lowest BCUT2D eigenvalue weighted by molar-refractivity contribution is 0.434. The summed E-state index contributed by atoms with van der Waals surface area (Å²) >= 11 is 0. The number of rotatable bonds is 4. The largest absolute Gasteiger partial charge is 0.357 e. The average molecular weight is 248 g/mol. The summed E-state index contributed by atoms with van der Waals surface area (Å²) in [7, 11) is 0. The SMILES string of the molecule is CCN(CC)c1ccnc(N2CCC(C)CC2)n1. The van der Waals surface area contributed by atoms with Gasteiger partial charge in [0.05, 0.1) is 0 Å². The molecule has 0 spiro atoms. The molecule has 1 saturated heterocycles. The Bertz CT molecular complexity index is 368. The van der Waals surface area contributed by atoms with Crippen molar-refractivity contribution in [3.05, 3.63) is 12.3 Å². The molecule has 1 aliphatic heterocycles. The number of nitrogens with zero attached hydrogens (tertiary/aromatic N) is 4. The first-order valence-electron chi connectivity index (χ1n) is 7.07. The van der Waals surface area contributed by atoms with Gasteiger partial charge in [0.25, 0.3) is 0 Å². The normalized spacial score (nSPS) is 16.9. The van der Waals surface area contributed by atoms with E-state index in [1.54, 1.807) is 0 Å². The van der Waals surface area contributed by atoms with Gasteiger partial charge >= 0.3 is 0 Å². The van der Waals surface area contributed by atoms with Gasteiger partial charge in [0.2, 0.25) is 5.95 Å². The molecule has 4 heteroatoms. The van der Waals surface area contributed by atoms with E-state index in [1.165, 1.54) is 12.8 Å². The van der Waals surface area contributed by atoms with E-state index in [9.17, 15) is 0 Å². The van der Waals surface area contributed by atoms with Crippen molar-refractivity contribution in [1.82, 2.24) is 9.97 Å². The fourth-order valence-corrected chi connectivity index (χ4v) is 2.42. The van der Waals surface area contributed by atoms with Crippen molar-refractivity contribution < 1.29 is 0 Å². The average Bonchev–Trinajstić information content (AvgIpc) is 2.41. The molecule has 1 aliphatic rings. The third kappa shape index (κ3) is 2.92. The van der Waals surface area contributed by atoms with Crippen LogP contribution < -0.4 is 9.80 Å². The quantitative estimate of drug-likeness (QED) is 0.819. The number of anilines is 2. The molecule has 100 valence electrons. The van der Waals surface area contributed by atoms with Gasteiger partial charge in [-0.25, -0.2) is 4.98 Å². The molecule has 0 aliphatic carbocycles. The zero-order valence-corrected chi connectivity index (χ0v) is 11.8. The summed E-state index contributed by atoms with van der Waals surface area (Å²) in [6.45, 7) is 10.8. The van der Waals surface area contributed by atoms with Crippen molar-refractivity contribution in [3.8, 4) is 0 Å². The first-order valence-corrected chi connectivity index (χ1v) is 7.07. The molecule has 2 rings (SSSR count). The Morgan fingerprint density at radius 1 is 1.28 bits per heavy atom. The van der Waals surface area contributed by atoms with Crippen LogP contribution in [0.1, 0.15) is 33.6 Å². The van der Waals surface area contributed by atoms with E-state index in [1.807, 2.05) is 12.3 Å². The van der Waals surface area contributed by atoms with Gasteiger partial charge in [-0.1, -0.05) is 6.92 Å². The van der Waals surface area contributed by atoms with E-state index in [2.05, 4.69) is 35.6 Å². The molecule has 0 saturated carbocycles. The van der Waals surface area contributed by atoms with E-state index >= 15 is 0 Å². The molecule has 4 nitrogen and oxygen atoms in total. The minimum atomic E-state index is 0.840. The number of hydrogen-bond acceptors (Lipinski definition) is 4. The summed E-state index contributed by atoms with van der Waals surface area (Å²) in [6.07, 6.45) is 4.38. The topological polar surface area (TPSA) is 32.3 Å². The van der Waals surface area contributed by atoms with Gasteiger partial charge in [0, 0.05) is 32.4 Å². The second-order valence-electron chi connectivity index (χ2n) is 5.06. The highest BCUT2D eigenvalue weighted by Gasteiger charge is 2.18. The van der Waals surface area contributed by atoms with Crippen molar-refractivity contribution in [2.45, 2.75) is 33.6 Å². The summed E-state index contributed by atoms with van der Waals surface area (Å²) < 4.78 is 0. The number of piperidine rings is 1. The predicted octanol–water partition coefficient (Wildman–Crippen LogP) is 2.56. The molecule has 1 fully saturated rings. The molecule has 0 N–H and O–H groups in total. The van der Waals surface area contributed by atoms with Crippen molar-refractivity contribution in [2.75, 3.05) is 36.0 Å². The lowest BCUT2D eigenvalue weighted by atomic mass is 10.00. The Morgan fingerprint density at radius 2 is 1.94 bits per heavy atom. The van der Waals surface area contributed by atoms with Crippen LogP contribution >= 0.6 is 0 Å². The number of hydrogen-bond donors (Lipinski definition) is 0. The molecule has 0 aromatic carbocycles. The third-order valence-electron chi connectivity index (χ3n) is 3.78. The van der Waals surface area contributed by atoms with Gasteiger partial charge < -0.3 is 9.80 Å². The summed E-state index contributed by atoms with van der Waals surface area (Å²) in [5.41, 5.74) is 0. The van der Waals surface area contributed by atoms with Crippen molar-refractivity contribution in [3.63, 3.8) is 0 Å². The summed E-state index contributed by atoms with van der Waals surface area (Å²) in [4.78, 5) is 13.7. The highest BCUT2D eigenvalue weighted by molar-refractivity contribution is 5.43. The van der Waals surface area contributed by atoms with E-state index in [0.717, 1.165) is 43.9 Å². The van der Waals surface area contributed by atoms with Crippen molar-refractivity contribution >= 4 is 11.8 Å². The zero-order valence-electron chi connectivity index (χ0n) is 11.8. The van der Waals surface area contributed by atoms with Crippen LogP contribution in [0.15, 0.2) is 12.3 Å². The van der Waals surface area contributed by atoms with Crippen LogP contribution in [-0.4, -0.2) is 36.1 Å². The molecule has 0 amide bonds. The molecular formula is C14H24N4. The van der Waals surface area contributed by atoms with E-state index in [0.29, 0.717) is 0 Å². The second-order valence-corrected chi connectivity index (χ2v) is 5.06. The fourth-order valence-electron chi connectivity index (χ4n) is 2.42.